The van der Waals surface area contributed by atoms with Crippen LogP contribution in [0.15, 0.2) is 30.3 Å². The molecular weight excluding hydrogens is 350 g/mol. The Morgan fingerprint density at radius 2 is 2.00 bits per heavy atom. The van der Waals surface area contributed by atoms with Gasteiger partial charge in [0.1, 0.15) is 11.6 Å². The van der Waals surface area contributed by atoms with Crippen LogP contribution in [0.3, 0.4) is 0 Å². The average molecular weight is 373 g/mol. The molecule has 2 aromatic rings. The van der Waals surface area contributed by atoms with Crippen molar-refractivity contribution in [3.63, 3.8) is 0 Å². The van der Waals surface area contributed by atoms with E-state index in [0.717, 1.165) is 35.3 Å². The largest absolute Gasteiger partial charge is 0.462 e. The molecule has 1 aliphatic carbocycles. The summed E-state index contributed by atoms with van der Waals surface area (Å²) in [6.45, 7) is 4.47. The van der Waals surface area contributed by atoms with E-state index in [2.05, 4.69) is 12.2 Å². The number of hydrogen-bond acceptors (Lipinski definition) is 5. The van der Waals surface area contributed by atoms with E-state index in [1.54, 1.807) is 6.92 Å². The topological polar surface area (TPSA) is 64.6 Å². The van der Waals surface area contributed by atoms with E-state index in [4.69, 9.17) is 9.47 Å². The predicted octanol–water partition coefficient (Wildman–Crippen LogP) is 4.80. The lowest BCUT2D eigenvalue weighted by Crippen LogP contribution is -2.17. The number of esters is 1. The van der Waals surface area contributed by atoms with Crippen molar-refractivity contribution >= 4 is 28.4 Å². The van der Waals surface area contributed by atoms with Gasteiger partial charge >= 0.3 is 12.1 Å². The molecule has 138 valence electrons. The number of hydrogen-bond donors (Lipinski definition) is 1. The molecule has 1 amide bonds. The van der Waals surface area contributed by atoms with Gasteiger partial charge < -0.3 is 9.47 Å². The molecule has 6 heteroatoms. The Kier molecular flexibility index (Phi) is 5.93. The fourth-order valence-corrected chi connectivity index (χ4v) is 4.49. The van der Waals surface area contributed by atoms with E-state index in [0.29, 0.717) is 23.1 Å². The second-order valence-corrected chi connectivity index (χ2v) is 7.57. The highest BCUT2D eigenvalue weighted by atomic mass is 32.1. The van der Waals surface area contributed by atoms with E-state index in [9.17, 15) is 9.59 Å². The lowest BCUT2D eigenvalue weighted by atomic mass is 9.88. The Bertz CT molecular complexity index is 785. The zero-order chi connectivity index (χ0) is 18.5. The maximum atomic E-state index is 12.4. The highest BCUT2D eigenvalue weighted by Crippen LogP contribution is 2.40. The van der Waals surface area contributed by atoms with Crippen molar-refractivity contribution < 1.29 is 19.1 Å². The first-order valence-electron chi connectivity index (χ1n) is 8.87. The number of carbonyl (C=O) groups is 2. The first-order chi connectivity index (χ1) is 12.6. The lowest BCUT2D eigenvalue weighted by Gasteiger charge is -2.18. The summed E-state index contributed by atoms with van der Waals surface area (Å²) in [7, 11) is 0. The summed E-state index contributed by atoms with van der Waals surface area (Å²) in [5, 5.41) is 3.28. The highest BCUT2D eigenvalue weighted by Gasteiger charge is 2.29. The molecular formula is C20H23NO4S. The van der Waals surface area contributed by atoms with E-state index >= 15 is 0 Å². The van der Waals surface area contributed by atoms with E-state index < -0.39 is 6.09 Å². The fourth-order valence-electron chi connectivity index (χ4n) is 3.11. The normalized spacial score (nSPS) is 15.8. The summed E-state index contributed by atoms with van der Waals surface area (Å²) in [5.74, 6) is 0.201. The minimum Gasteiger partial charge on any atom is -0.462 e. The molecule has 1 atom stereocenters. The molecule has 1 aromatic carbocycles. The predicted molar refractivity (Wildman–Crippen MR) is 102 cm³/mol. The quantitative estimate of drug-likeness (QED) is 0.765. The van der Waals surface area contributed by atoms with Gasteiger partial charge in [0.15, 0.2) is 0 Å². The number of carbonyl (C=O) groups excluding carboxylic acids is 2. The van der Waals surface area contributed by atoms with Crippen LogP contribution in [0.2, 0.25) is 0 Å². The second kappa shape index (κ2) is 8.36. The molecule has 26 heavy (non-hydrogen) atoms. The Labute approximate surface area is 157 Å². The van der Waals surface area contributed by atoms with Crippen molar-refractivity contribution in [3.8, 4) is 0 Å². The van der Waals surface area contributed by atoms with Crippen molar-refractivity contribution in [1.29, 1.82) is 0 Å². The van der Waals surface area contributed by atoms with Gasteiger partial charge in [0.2, 0.25) is 0 Å². The molecule has 5 nitrogen and oxygen atoms in total. The standard InChI is InChI=1S/C20H23NO4S/c1-3-24-19(22)17-15-10-9-13(2)11-16(15)26-18(17)21-20(23)25-12-14-7-5-4-6-8-14/h4-8,13H,3,9-12H2,1-2H3,(H,21,23). The number of nitrogens with one attached hydrogen (secondary N) is 1. The third-order valence-electron chi connectivity index (χ3n) is 4.42. The summed E-state index contributed by atoms with van der Waals surface area (Å²) in [6, 6.07) is 9.48. The number of amides is 1. The number of fused-ring (bicyclic) bond motifs is 1. The summed E-state index contributed by atoms with van der Waals surface area (Å²) >= 11 is 1.46. The molecule has 1 aliphatic rings. The minimum absolute atomic E-state index is 0.184. The highest BCUT2D eigenvalue weighted by molar-refractivity contribution is 7.17. The van der Waals surface area contributed by atoms with Gasteiger partial charge in [-0.2, -0.15) is 0 Å². The Morgan fingerprint density at radius 1 is 1.23 bits per heavy atom. The van der Waals surface area contributed by atoms with Crippen LogP contribution in [0, 0.1) is 5.92 Å². The number of anilines is 1. The molecule has 0 spiro atoms. The third-order valence-corrected chi connectivity index (χ3v) is 5.59. The number of benzene rings is 1. The van der Waals surface area contributed by atoms with Gasteiger partial charge in [-0.3, -0.25) is 5.32 Å². The maximum absolute atomic E-state index is 12.4. The molecule has 0 aliphatic heterocycles. The molecule has 0 radical (unpaired) electrons. The number of ether oxygens (including phenoxy) is 2. The van der Waals surface area contributed by atoms with Crippen LogP contribution in [-0.4, -0.2) is 18.7 Å². The van der Waals surface area contributed by atoms with Gasteiger partial charge in [0.05, 0.1) is 12.2 Å². The minimum atomic E-state index is -0.564. The van der Waals surface area contributed by atoms with Crippen molar-refractivity contribution in [2.75, 3.05) is 11.9 Å². The molecule has 1 heterocycles. The summed E-state index contributed by atoms with van der Waals surface area (Å²) < 4.78 is 10.5. The van der Waals surface area contributed by atoms with Gasteiger partial charge in [0, 0.05) is 4.88 Å². The SMILES string of the molecule is CCOC(=O)c1c(NC(=O)OCc2ccccc2)sc2c1CCC(C)C2. The summed E-state index contributed by atoms with van der Waals surface area (Å²) in [6.07, 6.45) is 2.23. The third kappa shape index (κ3) is 4.25. The molecule has 0 saturated heterocycles. The molecule has 1 N–H and O–H groups in total. The molecule has 0 fully saturated rings. The molecule has 0 bridgehead atoms. The van der Waals surface area contributed by atoms with Crippen LogP contribution in [0.4, 0.5) is 9.80 Å². The van der Waals surface area contributed by atoms with Crippen LogP contribution >= 0.6 is 11.3 Å². The number of thiophene rings is 1. The molecule has 1 aromatic heterocycles. The van der Waals surface area contributed by atoms with Gasteiger partial charge in [-0.15, -0.1) is 11.3 Å². The molecule has 3 rings (SSSR count). The van der Waals surface area contributed by atoms with Crippen molar-refractivity contribution in [1.82, 2.24) is 0 Å². The second-order valence-electron chi connectivity index (χ2n) is 6.46. The Balaban J connectivity index is 1.75. The van der Waals surface area contributed by atoms with Gasteiger partial charge in [-0.1, -0.05) is 37.3 Å². The van der Waals surface area contributed by atoms with Crippen molar-refractivity contribution in [3.05, 3.63) is 51.9 Å². The first kappa shape index (κ1) is 18.5. The van der Waals surface area contributed by atoms with E-state index in [1.165, 1.54) is 11.3 Å². The number of rotatable bonds is 5. The van der Waals surface area contributed by atoms with Crippen molar-refractivity contribution in [2.45, 2.75) is 39.7 Å². The Morgan fingerprint density at radius 3 is 2.73 bits per heavy atom. The van der Waals surface area contributed by atoms with Crippen LogP contribution in [-0.2, 0) is 28.9 Å². The zero-order valence-electron chi connectivity index (χ0n) is 15.0. The van der Waals surface area contributed by atoms with Gasteiger partial charge in [-0.25, -0.2) is 9.59 Å². The average Bonchev–Trinajstić information content (AvgIpc) is 2.98. The molecule has 0 saturated carbocycles. The van der Waals surface area contributed by atoms with Crippen molar-refractivity contribution in [2.24, 2.45) is 5.92 Å². The van der Waals surface area contributed by atoms with E-state index in [-0.39, 0.29) is 12.6 Å². The Hall–Kier alpha value is -2.34. The summed E-state index contributed by atoms with van der Waals surface area (Å²) in [4.78, 5) is 25.8. The maximum Gasteiger partial charge on any atom is 0.412 e. The smallest absolute Gasteiger partial charge is 0.412 e. The lowest BCUT2D eigenvalue weighted by molar-refractivity contribution is 0.0526. The summed E-state index contributed by atoms with van der Waals surface area (Å²) in [5.41, 5.74) is 2.42. The van der Waals surface area contributed by atoms with Gasteiger partial charge in [-0.05, 0) is 43.2 Å². The zero-order valence-corrected chi connectivity index (χ0v) is 15.9. The molecule has 1 unspecified atom stereocenters. The van der Waals surface area contributed by atoms with Crippen LogP contribution in [0.5, 0.6) is 0 Å². The van der Waals surface area contributed by atoms with Crippen LogP contribution < -0.4 is 5.32 Å². The van der Waals surface area contributed by atoms with E-state index in [1.807, 2.05) is 30.3 Å². The monoisotopic (exact) mass is 373 g/mol. The van der Waals surface area contributed by atoms with Gasteiger partial charge in [0.25, 0.3) is 0 Å². The fraction of sp³-hybridized carbons (Fsp3) is 0.400. The first-order valence-corrected chi connectivity index (χ1v) is 9.69. The van der Waals surface area contributed by atoms with Crippen LogP contribution in [0.1, 0.15) is 46.6 Å². The van der Waals surface area contributed by atoms with Crippen LogP contribution in [0.25, 0.3) is 0 Å².